The van der Waals surface area contributed by atoms with Crippen molar-refractivity contribution in [2.45, 2.75) is 0 Å². The number of fused-ring (bicyclic) bond motifs is 3. The summed E-state index contributed by atoms with van der Waals surface area (Å²) in [6, 6.07) is 16.1. The first-order chi connectivity index (χ1) is 14.7. The van der Waals surface area contributed by atoms with Crippen LogP contribution >= 0.6 is 11.3 Å². The maximum Gasteiger partial charge on any atom is 0.345 e. The lowest BCUT2D eigenvalue weighted by Gasteiger charge is -1.99. The minimum atomic E-state index is -0.463. The molecule has 0 aliphatic heterocycles. The van der Waals surface area contributed by atoms with Gasteiger partial charge in [-0.3, -0.25) is 4.79 Å². The summed E-state index contributed by atoms with van der Waals surface area (Å²) in [5.74, 6) is 0. The highest BCUT2D eigenvalue weighted by Gasteiger charge is 2.17. The lowest BCUT2D eigenvalue weighted by atomic mass is 10.1. The van der Waals surface area contributed by atoms with Crippen molar-refractivity contribution in [1.29, 1.82) is 0 Å². The number of para-hydroxylation sites is 2. The van der Waals surface area contributed by atoms with E-state index in [4.69, 9.17) is 8.83 Å². The highest BCUT2D eigenvalue weighted by atomic mass is 32.1. The van der Waals surface area contributed by atoms with Crippen LogP contribution in [0.25, 0.3) is 48.7 Å². The van der Waals surface area contributed by atoms with Gasteiger partial charge < -0.3 is 8.83 Å². The van der Waals surface area contributed by atoms with Gasteiger partial charge in [-0.2, -0.15) is 5.10 Å². The summed E-state index contributed by atoms with van der Waals surface area (Å²) >= 11 is 1.25. The first-order valence-electron chi connectivity index (χ1n) is 9.08. The van der Waals surface area contributed by atoms with Gasteiger partial charge >= 0.3 is 5.63 Å². The Hall–Kier alpha value is -4.04. The topological polar surface area (TPSA) is 90.6 Å². The van der Waals surface area contributed by atoms with Crippen LogP contribution in [0.3, 0.4) is 0 Å². The molecule has 0 radical (unpaired) electrons. The van der Waals surface area contributed by atoms with Gasteiger partial charge in [-0.05, 0) is 24.3 Å². The number of imidazole rings is 1. The van der Waals surface area contributed by atoms with E-state index in [9.17, 15) is 9.59 Å². The van der Waals surface area contributed by atoms with Crippen molar-refractivity contribution in [3.8, 4) is 21.8 Å². The van der Waals surface area contributed by atoms with Gasteiger partial charge in [0.1, 0.15) is 17.4 Å². The first-order valence-corrected chi connectivity index (χ1v) is 9.89. The van der Waals surface area contributed by atoms with E-state index in [0.717, 1.165) is 5.39 Å². The third-order valence-corrected chi connectivity index (χ3v) is 5.83. The molecule has 30 heavy (non-hydrogen) atoms. The molecule has 2 aromatic carbocycles. The monoisotopic (exact) mass is 413 g/mol. The van der Waals surface area contributed by atoms with Crippen LogP contribution in [0.2, 0.25) is 0 Å². The second-order valence-corrected chi connectivity index (χ2v) is 7.68. The molecule has 0 saturated heterocycles. The van der Waals surface area contributed by atoms with E-state index < -0.39 is 5.63 Å². The van der Waals surface area contributed by atoms with Gasteiger partial charge in [-0.1, -0.05) is 41.7 Å². The average molecular weight is 413 g/mol. The average Bonchev–Trinajstić information content (AvgIpc) is 3.33. The van der Waals surface area contributed by atoms with Crippen molar-refractivity contribution in [3.05, 3.63) is 87.7 Å². The SMILES string of the molecule is O=c1oc2ccccc2cc1-c1cn2nc(-c3coc4ccccc4c3=O)sc2n1. The Morgan fingerprint density at radius 3 is 2.60 bits per heavy atom. The zero-order chi connectivity index (χ0) is 20.2. The molecule has 6 aromatic rings. The first kappa shape index (κ1) is 16.9. The van der Waals surface area contributed by atoms with Crippen LogP contribution in [0, 0.1) is 0 Å². The van der Waals surface area contributed by atoms with E-state index in [1.165, 1.54) is 17.6 Å². The van der Waals surface area contributed by atoms with E-state index in [0.29, 0.717) is 43.3 Å². The van der Waals surface area contributed by atoms with Gasteiger partial charge in [-0.25, -0.2) is 14.3 Å². The zero-order valence-electron chi connectivity index (χ0n) is 15.2. The fraction of sp³-hybridized carbons (Fsp3) is 0. The minimum absolute atomic E-state index is 0.149. The molecule has 7 nitrogen and oxygen atoms in total. The number of benzene rings is 2. The number of rotatable bonds is 2. The molecule has 0 unspecified atom stereocenters. The van der Waals surface area contributed by atoms with Gasteiger partial charge in [0.25, 0.3) is 0 Å². The summed E-state index contributed by atoms with van der Waals surface area (Å²) < 4.78 is 12.5. The molecular weight excluding hydrogens is 402 g/mol. The molecule has 4 aromatic heterocycles. The molecule has 0 amide bonds. The second-order valence-electron chi connectivity index (χ2n) is 6.72. The Labute approximate surface area is 171 Å². The summed E-state index contributed by atoms with van der Waals surface area (Å²) in [6.07, 6.45) is 3.07. The Bertz CT molecular complexity index is 1640. The van der Waals surface area contributed by atoms with Crippen LogP contribution in [0.15, 0.2) is 85.5 Å². The molecule has 0 fully saturated rings. The molecule has 144 valence electrons. The van der Waals surface area contributed by atoms with Crippen molar-refractivity contribution in [1.82, 2.24) is 14.6 Å². The van der Waals surface area contributed by atoms with Gasteiger partial charge in [0, 0.05) is 5.39 Å². The lowest BCUT2D eigenvalue weighted by molar-refractivity contribution is 0.563. The smallest absolute Gasteiger partial charge is 0.345 e. The highest BCUT2D eigenvalue weighted by molar-refractivity contribution is 7.19. The number of hydrogen-bond acceptors (Lipinski definition) is 7. The standard InChI is InChI=1S/C22H11N3O4S/c26-19-13-6-2-4-8-18(13)28-11-15(19)20-24-25-10-16(23-22(25)30-20)14-9-12-5-1-3-7-17(12)29-21(14)27/h1-11H. The number of aromatic nitrogens is 3. The number of hydrogen-bond donors (Lipinski definition) is 0. The number of nitrogens with zero attached hydrogens (tertiary/aromatic N) is 3. The Kier molecular flexibility index (Phi) is 3.50. The van der Waals surface area contributed by atoms with Gasteiger partial charge in [-0.15, -0.1) is 0 Å². The molecule has 0 aliphatic carbocycles. The van der Waals surface area contributed by atoms with Crippen molar-refractivity contribution in [2.24, 2.45) is 0 Å². The predicted octanol–water partition coefficient (Wildman–Crippen LogP) is 4.34. The summed E-state index contributed by atoms with van der Waals surface area (Å²) in [6.45, 7) is 0. The van der Waals surface area contributed by atoms with E-state index in [2.05, 4.69) is 10.1 Å². The molecule has 4 heterocycles. The van der Waals surface area contributed by atoms with Crippen molar-refractivity contribution >= 4 is 38.2 Å². The molecular formula is C22H11N3O4S. The van der Waals surface area contributed by atoms with Crippen molar-refractivity contribution < 1.29 is 8.83 Å². The van der Waals surface area contributed by atoms with Crippen molar-refractivity contribution in [2.75, 3.05) is 0 Å². The fourth-order valence-electron chi connectivity index (χ4n) is 3.40. The molecule has 0 spiro atoms. The third kappa shape index (κ3) is 2.51. The Morgan fingerprint density at radius 1 is 0.933 bits per heavy atom. The van der Waals surface area contributed by atoms with Crippen LogP contribution in [0.1, 0.15) is 0 Å². The van der Waals surface area contributed by atoms with E-state index in [1.54, 1.807) is 41.0 Å². The fourth-order valence-corrected chi connectivity index (χ4v) is 4.29. The summed E-state index contributed by atoms with van der Waals surface area (Å²) in [4.78, 5) is 30.3. The Balaban J connectivity index is 1.47. The van der Waals surface area contributed by atoms with Gasteiger partial charge in [0.05, 0.1) is 28.4 Å². The Morgan fingerprint density at radius 2 is 1.73 bits per heavy atom. The molecule has 8 heteroatoms. The van der Waals surface area contributed by atoms with Crippen LogP contribution in [0.4, 0.5) is 0 Å². The van der Waals surface area contributed by atoms with Crippen LogP contribution in [-0.4, -0.2) is 14.6 Å². The van der Waals surface area contributed by atoms with Crippen LogP contribution in [0.5, 0.6) is 0 Å². The van der Waals surface area contributed by atoms with Crippen molar-refractivity contribution in [3.63, 3.8) is 0 Å². The minimum Gasteiger partial charge on any atom is -0.463 e. The van der Waals surface area contributed by atoms with Crippen LogP contribution < -0.4 is 11.1 Å². The molecule has 0 aliphatic rings. The van der Waals surface area contributed by atoms with E-state index >= 15 is 0 Å². The normalized spacial score (nSPS) is 11.6. The largest absolute Gasteiger partial charge is 0.463 e. The summed E-state index contributed by atoms with van der Waals surface area (Å²) in [5, 5.41) is 6.27. The van der Waals surface area contributed by atoms with E-state index in [-0.39, 0.29) is 5.43 Å². The molecule has 0 saturated carbocycles. The molecule has 0 atom stereocenters. The summed E-state index contributed by atoms with van der Waals surface area (Å²) in [7, 11) is 0. The van der Waals surface area contributed by atoms with E-state index in [1.807, 2.05) is 24.3 Å². The molecule has 0 bridgehead atoms. The lowest BCUT2D eigenvalue weighted by Crippen LogP contribution is -2.04. The van der Waals surface area contributed by atoms with Gasteiger partial charge in [0.2, 0.25) is 10.4 Å². The maximum absolute atomic E-state index is 12.8. The third-order valence-electron chi connectivity index (χ3n) is 4.87. The quantitative estimate of drug-likeness (QED) is 0.392. The second kappa shape index (κ2) is 6.23. The highest BCUT2D eigenvalue weighted by Crippen LogP contribution is 2.27. The summed E-state index contributed by atoms with van der Waals surface area (Å²) in [5.41, 5.74) is 1.63. The molecule has 0 N–H and O–H groups in total. The van der Waals surface area contributed by atoms with Crippen LogP contribution in [-0.2, 0) is 0 Å². The molecule has 6 rings (SSSR count). The zero-order valence-corrected chi connectivity index (χ0v) is 16.1. The van der Waals surface area contributed by atoms with Gasteiger partial charge in [0.15, 0.2) is 5.01 Å². The maximum atomic E-state index is 12.8. The predicted molar refractivity (Wildman–Crippen MR) is 114 cm³/mol.